The van der Waals surface area contributed by atoms with Crippen molar-refractivity contribution in [3.05, 3.63) is 48.0 Å². The van der Waals surface area contributed by atoms with E-state index in [1.54, 1.807) is 0 Å². The number of hydrogen-bond donors (Lipinski definition) is 1. The van der Waals surface area contributed by atoms with Crippen molar-refractivity contribution in [2.45, 2.75) is 38.6 Å². The molecule has 19 heavy (non-hydrogen) atoms. The highest BCUT2D eigenvalue weighted by molar-refractivity contribution is 5.38. The summed E-state index contributed by atoms with van der Waals surface area (Å²) >= 11 is 0. The Balaban J connectivity index is 1.94. The minimum absolute atomic E-state index is 0.446. The maximum Gasteiger partial charge on any atom is 0.0994 e. The molecule has 1 aromatic carbocycles. The highest BCUT2D eigenvalue weighted by Crippen LogP contribution is 2.25. The molecular weight excluding hydrogens is 234 g/mol. The molecule has 0 aliphatic carbocycles. The summed E-state index contributed by atoms with van der Waals surface area (Å²) < 4.78 is 2.22. The maximum absolute atomic E-state index is 4.35. The van der Waals surface area contributed by atoms with Gasteiger partial charge in [0.05, 0.1) is 18.2 Å². The molecule has 0 amide bonds. The number of hydrogen-bond acceptors (Lipinski definition) is 2. The first-order chi connectivity index (χ1) is 9.38. The van der Waals surface area contributed by atoms with Gasteiger partial charge in [0.25, 0.3) is 0 Å². The van der Waals surface area contributed by atoms with E-state index in [1.165, 1.54) is 36.2 Å². The van der Waals surface area contributed by atoms with E-state index in [0.29, 0.717) is 6.04 Å². The molecule has 1 atom stereocenters. The van der Waals surface area contributed by atoms with Crippen LogP contribution in [0.15, 0.2) is 36.8 Å². The number of aryl methyl sites for hydroxylation is 1. The molecular formula is C16H21N3. The third-order valence-electron chi connectivity index (χ3n) is 3.93. The Morgan fingerprint density at radius 1 is 1.37 bits per heavy atom. The number of benzene rings is 1. The second kappa shape index (κ2) is 5.57. The molecule has 1 saturated heterocycles. The molecule has 0 spiro atoms. The summed E-state index contributed by atoms with van der Waals surface area (Å²) in [6.45, 7) is 3.31. The number of piperidine rings is 1. The fourth-order valence-electron chi connectivity index (χ4n) is 2.81. The van der Waals surface area contributed by atoms with Gasteiger partial charge >= 0.3 is 0 Å². The molecule has 1 unspecified atom stereocenters. The lowest BCUT2D eigenvalue weighted by Gasteiger charge is -2.24. The second-order valence-corrected chi connectivity index (χ2v) is 5.21. The van der Waals surface area contributed by atoms with Crippen LogP contribution in [0.3, 0.4) is 0 Å². The zero-order valence-corrected chi connectivity index (χ0v) is 11.5. The topological polar surface area (TPSA) is 29.9 Å². The predicted octanol–water partition coefficient (Wildman–Crippen LogP) is 3.25. The molecule has 3 rings (SSSR count). The molecule has 2 heterocycles. The van der Waals surface area contributed by atoms with E-state index >= 15 is 0 Å². The third-order valence-corrected chi connectivity index (χ3v) is 3.93. The lowest BCUT2D eigenvalue weighted by atomic mass is 10.0. The summed E-state index contributed by atoms with van der Waals surface area (Å²) in [5.74, 6) is 0. The van der Waals surface area contributed by atoms with Gasteiger partial charge in [-0.05, 0) is 43.5 Å². The molecule has 1 aromatic heterocycles. The summed E-state index contributed by atoms with van der Waals surface area (Å²) in [6, 6.07) is 9.17. The molecule has 2 aromatic rings. The molecule has 0 saturated carbocycles. The van der Waals surface area contributed by atoms with Gasteiger partial charge in [-0.25, -0.2) is 4.98 Å². The smallest absolute Gasteiger partial charge is 0.0994 e. The fourth-order valence-corrected chi connectivity index (χ4v) is 2.81. The van der Waals surface area contributed by atoms with Gasteiger partial charge in [-0.15, -0.1) is 0 Å². The fraction of sp³-hybridized carbons (Fsp3) is 0.438. The van der Waals surface area contributed by atoms with E-state index in [9.17, 15) is 0 Å². The molecule has 100 valence electrons. The lowest BCUT2D eigenvalue weighted by Crippen LogP contribution is -2.28. The SMILES string of the molecule is CCc1cccc(-n2cncc2C2CCCCN2)c1. The monoisotopic (exact) mass is 255 g/mol. The Morgan fingerprint density at radius 3 is 3.11 bits per heavy atom. The number of rotatable bonds is 3. The van der Waals surface area contributed by atoms with Gasteiger partial charge in [0, 0.05) is 11.7 Å². The van der Waals surface area contributed by atoms with Crippen molar-refractivity contribution in [3.8, 4) is 5.69 Å². The molecule has 0 radical (unpaired) electrons. The number of imidazole rings is 1. The third kappa shape index (κ3) is 2.56. The van der Waals surface area contributed by atoms with Crippen molar-refractivity contribution in [3.63, 3.8) is 0 Å². The normalized spacial score (nSPS) is 19.5. The number of nitrogens with zero attached hydrogens (tertiary/aromatic N) is 2. The van der Waals surface area contributed by atoms with Crippen LogP contribution in [0.1, 0.15) is 43.5 Å². The maximum atomic E-state index is 4.35. The van der Waals surface area contributed by atoms with Crippen LogP contribution >= 0.6 is 0 Å². The minimum Gasteiger partial charge on any atom is -0.309 e. The largest absolute Gasteiger partial charge is 0.309 e. The summed E-state index contributed by atoms with van der Waals surface area (Å²) in [6.07, 6.45) is 8.80. The second-order valence-electron chi connectivity index (χ2n) is 5.21. The van der Waals surface area contributed by atoms with E-state index in [4.69, 9.17) is 0 Å². The molecule has 3 nitrogen and oxygen atoms in total. The molecule has 1 aliphatic heterocycles. The van der Waals surface area contributed by atoms with E-state index in [1.807, 2.05) is 12.5 Å². The van der Waals surface area contributed by atoms with Crippen LogP contribution in [0.5, 0.6) is 0 Å². The predicted molar refractivity (Wildman–Crippen MR) is 77.5 cm³/mol. The van der Waals surface area contributed by atoms with Crippen molar-refractivity contribution in [2.24, 2.45) is 0 Å². The van der Waals surface area contributed by atoms with Crippen LogP contribution in [0.4, 0.5) is 0 Å². The van der Waals surface area contributed by atoms with E-state index in [0.717, 1.165) is 13.0 Å². The standard InChI is InChI=1S/C16H21N3/c1-2-13-6-5-7-14(10-13)19-12-17-11-16(19)15-8-3-4-9-18-15/h5-7,10-12,15,18H,2-4,8-9H2,1H3. The van der Waals surface area contributed by atoms with Crippen LogP contribution in [0, 0.1) is 0 Å². The lowest BCUT2D eigenvalue weighted by molar-refractivity contribution is 0.402. The van der Waals surface area contributed by atoms with Crippen LogP contribution in [-0.4, -0.2) is 16.1 Å². The van der Waals surface area contributed by atoms with Gasteiger partial charge in [0.15, 0.2) is 0 Å². The molecule has 1 N–H and O–H groups in total. The van der Waals surface area contributed by atoms with Crippen molar-refractivity contribution in [1.82, 2.24) is 14.9 Å². The van der Waals surface area contributed by atoms with Gasteiger partial charge in [0.2, 0.25) is 0 Å². The van der Waals surface area contributed by atoms with Crippen molar-refractivity contribution < 1.29 is 0 Å². The highest BCUT2D eigenvalue weighted by atomic mass is 15.1. The average Bonchev–Trinajstić information content (AvgIpc) is 2.98. The summed E-state index contributed by atoms with van der Waals surface area (Å²) in [7, 11) is 0. The Kier molecular flexibility index (Phi) is 3.65. The van der Waals surface area contributed by atoms with Crippen LogP contribution < -0.4 is 5.32 Å². The molecule has 0 bridgehead atoms. The summed E-state index contributed by atoms with van der Waals surface area (Å²) in [4.78, 5) is 4.35. The van der Waals surface area contributed by atoms with Crippen molar-refractivity contribution in [2.75, 3.05) is 6.54 Å². The van der Waals surface area contributed by atoms with E-state index in [-0.39, 0.29) is 0 Å². The summed E-state index contributed by atoms with van der Waals surface area (Å²) in [5, 5.41) is 3.60. The van der Waals surface area contributed by atoms with Crippen LogP contribution in [0.25, 0.3) is 5.69 Å². The Labute approximate surface area is 114 Å². The molecule has 1 aliphatic rings. The van der Waals surface area contributed by atoms with Gasteiger partial charge in [0.1, 0.15) is 0 Å². The first-order valence-corrected chi connectivity index (χ1v) is 7.23. The highest BCUT2D eigenvalue weighted by Gasteiger charge is 2.18. The quantitative estimate of drug-likeness (QED) is 0.912. The van der Waals surface area contributed by atoms with E-state index < -0.39 is 0 Å². The van der Waals surface area contributed by atoms with E-state index in [2.05, 4.69) is 46.1 Å². The van der Waals surface area contributed by atoms with Crippen molar-refractivity contribution >= 4 is 0 Å². The van der Waals surface area contributed by atoms with Gasteiger partial charge in [-0.3, -0.25) is 0 Å². The molecule has 1 fully saturated rings. The van der Waals surface area contributed by atoms with Gasteiger partial charge in [-0.1, -0.05) is 25.5 Å². The number of nitrogens with one attached hydrogen (secondary N) is 1. The van der Waals surface area contributed by atoms with Crippen LogP contribution in [-0.2, 0) is 6.42 Å². The Morgan fingerprint density at radius 2 is 2.32 bits per heavy atom. The Bertz CT molecular complexity index is 538. The summed E-state index contributed by atoms with van der Waals surface area (Å²) in [5.41, 5.74) is 3.88. The van der Waals surface area contributed by atoms with Gasteiger partial charge in [-0.2, -0.15) is 0 Å². The zero-order chi connectivity index (χ0) is 13.1. The Hall–Kier alpha value is -1.61. The van der Waals surface area contributed by atoms with Crippen LogP contribution in [0.2, 0.25) is 0 Å². The number of aromatic nitrogens is 2. The van der Waals surface area contributed by atoms with Gasteiger partial charge < -0.3 is 9.88 Å². The first kappa shape index (κ1) is 12.4. The first-order valence-electron chi connectivity index (χ1n) is 7.23. The average molecular weight is 255 g/mol. The molecule has 3 heteroatoms. The zero-order valence-electron chi connectivity index (χ0n) is 11.5. The minimum atomic E-state index is 0.446. The van der Waals surface area contributed by atoms with Crippen molar-refractivity contribution in [1.29, 1.82) is 0 Å².